The minimum atomic E-state index is -4.01. The van der Waals surface area contributed by atoms with E-state index in [9.17, 15) is 26.4 Å². The lowest BCUT2D eigenvalue weighted by atomic mass is 10.1. The van der Waals surface area contributed by atoms with Gasteiger partial charge in [0.15, 0.2) is 0 Å². The van der Waals surface area contributed by atoms with Crippen LogP contribution in [0.25, 0.3) is 0 Å². The van der Waals surface area contributed by atoms with Gasteiger partial charge in [-0.25, -0.2) is 16.8 Å². The van der Waals surface area contributed by atoms with Crippen LogP contribution in [0.1, 0.15) is 6.42 Å². The van der Waals surface area contributed by atoms with E-state index in [-0.39, 0.29) is 13.1 Å². The molecule has 1 rings (SSSR count). The molecule has 0 aromatic heterocycles. The van der Waals surface area contributed by atoms with Crippen molar-refractivity contribution in [3.63, 3.8) is 0 Å². The summed E-state index contributed by atoms with van der Waals surface area (Å²) in [6.07, 6.45) is 0.240. The van der Waals surface area contributed by atoms with Gasteiger partial charge in [0.2, 0.25) is 15.9 Å². The molecular formula is C9H16N2O7S2. The van der Waals surface area contributed by atoms with E-state index in [0.717, 1.165) is 10.6 Å². The smallest absolute Gasteiger partial charge is 0.305 e. The van der Waals surface area contributed by atoms with Crippen molar-refractivity contribution in [3.05, 3.63) is 0 Å². The molecule has 0 aromatic carbocycles. The number of nitrogens with one attached hydrogen (secondary N) is 1. The second kappa shape index (κ2) is 6.06. The van der Waals surface area contributed by atoms with E-state index < -0.39 is 55.7 Å². The Hall–Kier alpha value is -1.20. The Morgan fingerprint density at radius 1 is 1.35 bits per heavy atom. The van der Waals surface area contributed by atoms with Gasteiger partial charge in [0.25, 0.3) is 0 Å². The van der Waals surface area contributed by atoms with Gasteiger partial charge in [-0.15, -0.1) is 0 Å². The number of amides is 1. The van der Waals surface area contributed by atoms with Crippen LogP contribution in [-0.4, -0.2) is 75.0 Å². The predicted molar refractivity (Wildman–Crippen MR) is 69.3 cm³/mol. The molecule has 0 aliphatic carbocycles. The zero-order valence-corrected chi connectivity index (χ0v) is 12.4. The van der Waals surface area contributed by atoms with Crippen LogP contribution >= 0.6 is 0 Å². The van der Waals surface area contributed by atoms with Crippen molar-refractivity contribution in [2.24, 2.45) is 0 Å². The van der Waals surface area contributed by atoms with Crippen molar-refractivity contribution >= 4 is 31.7 Å². The van der Waals surface area contributed by atoms with E-state index in [4.69, 9.17) is 5.11 Å². The van der Waals surface area contributed by atoms with Crippen molar-refractivity contribution in [2.75, 3.05) is 30.9 Å². The van der Waals surface area contributed by atoms with Crippen LogP contribution in [0.2, 0.25) is 0 Å². The van der Waals surface area contributed by atoms with Gasteiger partial charge in [-0.2, -0.15) is 4.31 Å². The number of piperazine rings is 1. The molecule has 0 spiro atoms. The highest BCUT2D eigenvalue weighted by Gasteiger charge is 2.38. The van der Waals surface area contributed by atoms with Gasteiger partial charge >= 0.3 is 5.97 Å². The number of rotatable bonds is 6. The monoisotopic (exact) mass is 328 g/mol. The lowest BCUT2D eigenvalue weighted by Crippen LogP contribution is -2.58. The zero-order valence-electron chi connectivity index (χ0n) is 10.8. The van der Waals surface area contributed by atoms with Crippen LogP contribution in [0.15, 0.2) is 0 Å². The summed E-state index contributed by atoms with van der Waals surface area (Å²) in [6, 6.07) is -1.34. The maximum Gasteiger partial charge on any atom is 0.305 e. The van der Waals surface area contributed by atoms with E-state index in [1.807, 2.05) is 0 Å². The van der Waals surface area contributed by atoms with E-state index >= 15 is 0 Å². The Morgan fingerprint density at radius 3 is 2.45 bits per heavy atom. The molecule has 0 radical (unpaired) electrons. The lowest BCUT2D eigenvalue weighted by Gasteiger charge is -2.33. The predicted octanol–water partition coefficient (Wildman–Crippen LogP) is -2.36. The Morgan fingerprint density at radius 2 is 1.95 bits per heavy atom. The Balaban J connectivity index is 2.94. The zero-order chi connectivity index (χ0) is 15.6. The highest BCUT2D eigenvalue weighted by Crippen LogP contribution is 2.15. The number of carbonyl (C=O) groups is 2. The van der Waals surface area contributed by atoms with Crippen LogP contribution in [0.4, 0.5) is 0 Å². The number of carboxylic acid groups (broad SMARTS) is 1. The molecule has 1 saturated heterocycles. The molecule has 116 valence electrons. The fourth-order valence-corrected chi connectivity index (χ4v) is 4.98. The minimum Gasteiger partial charge on any atom is -0.481 e. The summed E-state index contributed by atoms with van der Waals surface area (Å²) < 4.78 is 46.9. The number of sulfonamides is 1. The SMILES string of the molecule is CS(=O)(=O)CCS(=O)(=O)N1CCNC(=O)C1CC(=O)O. The number of hydrogen-bond acceptors (Lipinski definition) is 6. The maximum absolute atomic E-state index is 12.1. The molecule has 1 unspecified atom stereocenters. The molecule has 9 nitrogen and oxygen atoms in total. The molecule has 20 heavy (non-hydrogen) atoms. The highest BCUT2D eigenvalue weighted by atomic mass is 32.2. The standard InChI is InChI=1S/C9H16N2O7S2/c1-19(15,16)4-5-20(17,18)11-3-2-10-9(14)7(11)6-8(12)13/h7H,2-6H2,1H3,(H,10,14)(H,12,13). The quantitative estimate of drug-likeness (QED) is 0.556. The van der Waals surface area contributed by atoms with Gasteiger partial charge in [-0.1, -0.05) is 0 Å². The summed E-state index contributed by atoms with van der Waals surface area (Å²) in [5, 5.41) is 11.1. The third-order valence-electron chi connectivity index (χ3n) is 2.72. The molecule has 0 bridgehead atoms. The normalized spacial score (nSPS) is 21.4. The molecule has 0 aromatic rings. The molecule has 1 aliphatic heterocycles. The van der Waals surface area contributed by atoms with Crippen LogP contribution in [0, 0.1) is 0 Å². The number of sulfone groups is 1. The van der Waals surface area contributed by atoms with E-state index in [2.05, 4.69) is 5.32 Å². The lowest BCUT2D eigenvalue weighted by molar-refractivity contribution is -0.141. The molecule has 2 N–H and O–H groups in total. The Bertz CT molecular complexity index is 596. The summed E-state index contributed by atoms with van der Waals surface area (Å²) in [5.74, 6) is -3.25. The van der Waals surface area contributed by atoms with Crippen LogP contribution in [-0.2, 0) is 29.4 Å². The third-order valence-corrected chi connectivity index (χ3v) is 5.79. The second-order valence-corrected chi connectivity index (χ2v) is 8.76. The van der Waals surface area contributed by atoms with Crippen molar-refractivity contribution < 1.29 is 31.5 Å². The van der Waals surface area contributed by atoms with Crippen LogP contribution < -0.4 is 5.32 Å². The topological polar surface area (TPSA) is 138 Å². The first-order valence-electron chi connectivity index (χ1n) is 5.70. The number of carboxylic acids is 1. The van der Waals surface area contributed by atoms with Crippen LogP contribution in [0.5, 0.6) is 0 Å². The minimum absolute atomic E-state index is 0.0626. The molecule has 1 amide bonds. The van der Waals surface area contributed by atoms with E-state index in [0.29, 0.717) is 0 Å². The summed E-state index contributed by atoms with van der Waals surface area (Å²) in [5.41, 5.74) is 0. The van der Waals surface area contributed by atoms with Gasteiger partial charge in [0.1, 0.15) is 15.9 Å². The third kappa shape index (κ3) is 4.72. The summed E-state index contributed by atoms with van der Waals surface area (Å²) >= 11 is 0. The summed E-state index contributed by atoms with van der Waals surface area (Å²) in [6.45, 7) is -0.0111. The molecule has 11 heteroatoms. The van der Waals surface area contributed by atoms with Gasteiger partial charge in [0.05, 0.1) is 17.9 Å². The van der Waals surface area contributed by atoms with E-state index in [1.54, 1.807) is 0 Å². The molecule has 1 aliphatic rings. The average Bonchev–Trinajstić information content (AvgIpc) is 2.28. The van der Waals surface area contributed by atoms with Crippen molar-refractivity contribution in [2.45, 2.75) is 12.5 Å². The fraction of sp³-hybridized carbons (Fsp3) is 0.778. The number of aliphatic carboxylic acids is 1. The number of nitrogens with zero attached hydrogens (tertiary/aromatic N) is 1. The molecule has 0 saturated carbocycles. The first kappa shape index (κ1) is 16.9. The number of hydrogen-bond donors (Lipinski definition) is 2. The summed E-state index contributed by atoms with van der Waals surface area (Å²) in [7, 11) is -7.49. The van der Waals surface area contributed by atoms with Gasteiger partial charge in [-0.05, 0) is 0 Å². The highest BCUT2D eigenvalue weighted by molar-refractivity contribution is 7.93. The number of carbonyl (C=O) groups excluding carboxylic acids is 1. The maximum atomic E-state index is 12.1. The first-order chi connectivity index (χ1) is 9.03. The van der Waals surface area contributed by atoms with Gasteiger partial charge in [-0.3, -0.25) is 9.59 Å². The largest absolute Gasteiger partial charge is 0.481 e. The molecular weight excluding hydrogens is 312 g/mol. The summed E-state index contributed by atoms with van der Waals surface area (Å²) in [4.78, 5) is 22.3. The van der Waals surface area contributed by atoms with Crippen molar-refractivity contribution in [3.8, 4) is 0 Å². The van der Waals surface area contributed by atoms with Crippen molar-refractivity contribution in [1.29, 1.82) is 0 Å². The fourth-order valence-electron chi connectivity index (χ4n) is 1.76. The molecule has 1 atom stereocenters. The molecule has 1 fully saturated rings. The Kier molecular flexibility index (Phi) is 5.10. The van der Waals surface area contributed by atoms with Crippen molar-refractivity contribution in [1.82, 2.24) is 9.62 Å². The average molecular weight is 328 g/mol. The van der Waals surface area contributed by atoms with Crippen LogP contribution in [0.3, 0.4) is 0 Å². The molecule has 1 heterocycles. The first-order valence-corrected chi connectivity index (χ1v) is 9.36. The second-order valence-electron chi connectivity index (χ2n) is 4.46. The Labute approximate surface area is 116 Å². The van der Waals surface area contributed by atoms with E-state index in [1.165, 1.54) is 0 Å². The van der Waals surface area contributed by atoms with Gasteiger partial charge in [0, 0.05) is 19.3 Å². The van der Waals surface area contributed by atoms with Gasteiger partial charge < -0.3 is 10.4 Å².